The minimum atomic E-state index is -3.52. The Morgan fingerprint density at radius 1 is 1.03 bits per heavy atom. The summed E-state index contributed by atoms with van der Waals surface area (Å²) in [5.41, 5.74) is 3.07. The zero-order chi connectivity index (χ0) is 23.3. The Hall–Kier alpha value is -3.14. The monoisotopic (exact) mass is 464 g/mol. The number of sulfone groups is 1. The predicted molar refractivity (Wildman–Crippen MR) is 117 cm³/mol. The predicted octanol–water partition coefficient (Wildman–Crippen LogP) is 3.33. The molecule has 172 valence electrons. The van der Waals surface area contributed by atoms with Gasteiger partial charge in [0.05, 0.1) is 36.2 Å². The Labute approximate surface area is 186 Å². The lowest BCUT2D eigenvalue weighted by molar-refractivity contribution is 0.0953. The van der Waals surface area contributed by atoms with Crippen molar-refractivity contribution in [1.29, 1.82) is 0 Å². The van der Waals surface area contributed by atoms with Gasteiger partial charge in [0.25, 0.3) is 5.91 Å². The first-order valence-electron chi connectivity index (χ1n) is 10.3. The number of rotatable bonds is 8. The Morgan fingerprint density at radius 3 is 2.25 bits per heavy atom. The molecule has 2 aromatic rings. The third kappa shape index (κ3) is 5.01. The fraction of sp³-hybridized carbons (Fsp3) is 0.364. The average Bonchev–Trinajstić information content (AvgIpc) is 2.75. The van der Waals surface area contributed by atoms with Crippen molar-refractivity contribution in [3.8, 4) is 17.2 Å². The van der Waals surface area contributed by atoms with Crippen LogP contribution in [0.2, 0.25) is 0 Å². The lowest BCUT2D eigenvalue weighted by Crippen LogP contribution is -2.26. The highest BCUT2D eigenvalue weighted by Crippen LogP contribution is 2.39. The van der Waals surface area contributed by atoms with E-state index in [-0.39, 0.29) is 33.9 Å². The minimum absolute atomic E-state index is 0.00326. The van der Waals surface area contributed by atoms with Crippen molar-refractivity contribution in [2.24, 2.45) is 5.10 Å². The molecule has 1 aliphatic rings. The van der Waals surface area contributed by atoms with Crippen LogP contribution >= 0.6 is 0 Å². The molecule has 0 spiro atoms. The number of benzene rings is 2. The summed E-state index contributed by atoms with van der Waals surface area (Å²) in [6, 6.07) is 6.44. The second-order valence-electron chi connectivity index (χ2n) is 6.81. The molecule has 0 saturated heterocycles. The van der Waals surface area contributed by atoms with Gasteiger partial charge in [-0.3, -0.25) is 4.79 Å². The molecular weight excluding hydrogens is 439 g/mol. The Bertz CT molecular complexity index is 1120. The van der Waals surface area contributed by atoms with Crippen LogP contribution in [0.4, 0.5) is 4.39 Å². The van der Waals surface area contributed by atoms with Crippen LogP contribution in [0.15, 0.2) is 40.3 Å². The highest BCUT2D eigenvalue weighted by molar-refractivity contribution is 7.91. The summed E-state index contributed by atoms with van der Waals surface area (Å²) in [7, 11) is -3.52. The molecule has 3 rings (SSSR count). The number of fused-ring (bicyclic) bond motifs is 1. The van der Waals surface area contributed by atoms with E-state index in [0.29, 0.717) is 37.1 Å². The second-order valence-corrected chi connectivity index (χ2v) is 8.89. The van der Waals surface area contributed by atoms with Crippen molar-refractivity contribution in [2.45, 2.75) is 32.1 Å². The van der Waals surface area contributed by atoms with Crippen LogP contribution in [-0.2, 0) is 9.84 Å². The van der Waals surface area contributed by atoms with Gasteiger partial charge in [0.15, 0.2) is 21.3 Å². The number of amides is 1. The second kappa shape index (κ2) is 9.99. The van der Waals surface area contributed by atoms with E-state index in [1.54, 1.807) is 0 Å². The van der Waals surface area contributed by atoms with Crippen molar-refractivity contribution in [1.82, 2.24) is 5.43 Å². The van der Waals surface area contributed by atoms with Gasteiger partial charge in [-0.25, -0.2) is 18.2 Å². The van der Waals surface area contributed by atoms with Crippen molar-refractivity contribution in [3.63, 3.8) is 0 Å². The maximum absolute atomic E-state index is 13.7. The summed E-state index contributed by atoms with van der Waals surface area (Å²) in [4.78, 5) is 12.8. The van der Waals surface area contributed by atoms with Gasteiger partial charge in [-0.15, -0.1) is 0 Å². The lowest BCUT2D eigenvalue weighted by Gasteiger charge is -2.18. The molecule has 0 unspecified atom stereocenters. The maximum Gasteiger partial charge on any atom is 0.271 e. The number of hydrazone groups is 1. The molecule has 1 aliphatic heterocycles. The molecule has 0 bridgehead atoms. The fourth-order valence-electron chi connectivity index (χ4n) is 3.29. The smallest absolute Gasteiger partial charge is 0.271 e. The number of carbonyl (C=O) groups excluding carboxylic acids is 1. The molecule has 0 saturated carbocycles. The van der Waals surface area contributed by atoms with Crippen molar-refractivity contribution in [3.05, 3.63) is 47.3 Å². The molecule has 2 aromatic carbocycles. The van der Waals surface area contributed by atoms with Gasteiger partial charge in [0, 0.05) is 17.5 Å². The molecule has 1 amide bonds. The van der Waals surface area contributed by atoms with Crippen LogP contribution in [0.5, 0.6) is 17.2 Å². The third-order valence-electron chi connectivity index (χ3n) is 4.66. The topological polar surface area (TPSA) is 103 Å². The summed E-state index contributed by atoms with van der Waals surface area (Å²) >= 11 is 0. The van der Waals surface area contributed by atoms with Crippen LogP contribution in [0.3, 0.4) is 0 Å². The van der Waals surface area contributed by atoms with Crippen LogP contribution in [0.25, 0.3) is 0 Å². The van der Waals surface area contributed by atoms with Crippen molar-refractivity contribution >= 4 is 21.5 Å². The third-order valence-corrected chi connectivity index (χ3v) is 6.43. The van der Waals surface area contributed by atoms with Crippen LogP contribution < -0.4 is 19.6 Å². The van der Waals surface area contributed by atoms with E-state index < -0.39 is 21.6 Å². The fourth-order valence-corrected chi connectivity index (χ4v) is 4.76. The largest absolute Gasteiger partial charge is 0.490 e. The molecule has 0 aliphatic carbocycles. The molecule has 0 aromatic heterocycles. The summed E-state index contributed by atoms with van der Waals surface area (Å²) < 4.78 is 55.1. The van der Waals surface area contributed by atoms with Gasteiger partial charge in [-0.05, 0) is 51.1 Å². The van der Waals surface area contributed by atoms with Gasteiger partial charge in [0.2, 0.25) is 5.75 Å². The summed E-state index contributed by atoms with van der Waals surface area (Å²) in [6.45, 7) is 6.54. The summed E-state index contributed by atoms with van der Waals surface area (Å²) in [5.74, 6) is -0.209. The first kappa shape index (κ1) is 23.5. The molecule has 8 nitrogen and oxygen atoms in total. The average molecular weight is 465 g/mol. The molecular formula is C22H25FN2O6S. The van der Waals surface area contributed by atoms with E-state index in [9.17, 15) is 17.6 Å². The molecule has 32 heavy (non-hydrogen) atoms. The number of ether oxygens (including phenoxy) is 3. The number of halogens is 1. The number of hydrogen-bond donors (Lipinski definition) is 1. The highest BCUT2D eigenvalue weighted by Gasteiger charge is 2.28. The number of nitrogens with one attached hydrogen (secondary N) is 1. The van der Waals surface area contributed by atoms with E-state index in [2.05, 4.69) is 10.5 Å². The van der Waals surface area contributed by atoms with Crippen LogP contribution in [0.1, 0.15) is 43.1 Å². The number of hydrogen-bond acceptors (Lipinski definition) is 7. The van der Waals surface area contributed by atoms with E-state index in [4.69, 9.17) is 14.2 Å². The molecule has 0 atom stereocenters. The Balaban J connectivity index is 1.94. The minimum Gasteiger partial charge on any atom is -0.490 e. The highest BCUT2D eigenvalue weighted by atomic mass is 32.2. The van der Waals surface area contributed by atoms with E-state index >= 15 is 0 Å². The van der Waals surface area contributed by atoms with Gasteiger partial charge in [-0.2, -0.15) is 5.10 Å². The lowest BCUT2D eigenvalue weighted by atomic mass is 10.1. The van der Waals surface area contributed by atoms with Crippen molar-refractivity contribution in [2.75, 3.05) is 25.6 Å². The maximum atomic E-state index is 13.7. The van der Waals surface area contributed by atoms with E-state index in [1.807, 2.05) is 20.8 Å². The standard InChI is InChI=1S/C22H25FN2O6S/c1-4-29-18-11-14(12-19(30-5-2)21(18)31-6-3)22(26)25-24-17-9-10-32(27,28)20-8-7-15(23)13-16(17)20/h7-8,11-13H,4-6,9-10H2,1-3H3,(H,25,26)/b24-17+. The van der Waals surface area contributed by atoms with Gasteiger partial charge in [-0.1, -0.05) is 0 Å². The molecule has 1 heterocycles. The quantitative estimate of drug-likeness (QED) is 0.475. The zero-order valence-corrected chi connectivity index (χ0v) is 18.9. The van der Waals surface area contributed by atoms with Gasteiger partial charge < -0.3 is 14.2 Å². The molecule has 0 radical (unpaired) electrons. The van der Waals surface area contributed by atoms with Gasteiger partial charge in [0.1, 0.15) is 5.82 Å². The molecule has 1 N–H and O–H groups in total. The van der Waals surface area contributed by atoms with Crippen LogP contribution in [0, 0.1) is 5.82 Å². The SMILES string of the molecule is CCOc1cc(C(=O)N/N=C2\CCS(=O)(=O)c3ccc(F)cc32)cc(OCC)c1OCC. The Kier molecular flexibility index (Phi) is 7.34. The Morgan fingerprint density at radius 2 is 1.66 bits per heavy atom. The summed E-state index contributed by atoms with van der Waals surface area (Å²) in [5, 5.41) is 4.09. The van der Waals surface area contributed by atoms with Crippen molar-refractivity contribution < 1.29 is 31.8 Å². The molecule has 10 heteroatoms. The summed E-state index contributed by atoms with van der Waals surface area (Å²) in [6.07, 6.45) is 0.0523. The van der Waals surface area contributed by atoms with E-state index in [1.165, 1.54) is 18.2 Å². The van der Waals surface area contributed by atoms with Gasteiger partial charge >= 0.3 is 0 Å². The zero-order valence-electron chi connectivity index (χ0n) is 18.1. The number of nitrogens with zero attached hydrogens (tertiary/aromatic N) is 1. The molecule has 0 fully saturated rings. The number of carbonyl (C=O) groups is 1. The van der Waals surface area contributed by atoms with Crippen LogP contribution in [-0.4, -0.2) is 45.6 Å². The normalized spacial score (nSPS) is 15.7. The van der Waals surface area contributed by atoms with E-state index in [0.717, 1.165) is 12.1 Å². The first-order valence-corrected chi connectivity index (χ1v) is 11.9. The first-order chi connectivity index (χ1) is 15.3.